The van der Waals surface area contributed by atoms with Crippen LogP contribution in [-0.2, 0) is 17.8 Å². The first-order valence-electron chi connectivity index (χ1n) is 11.5. The zero-order chi connectivity index (χ0) is 23.2. The molecule has 1 aliphatic heterocycles. The number of amides is 1. The highest BCUT2D eigenvalue weighted by Gasteiger charge is 2.17. The molecular weight excluding hydrogens is 434 g/mol. The number of hydrogen-bond donors (Lipinski definition) is 2. The molecule has 0 radical (unpaired) electrons. The number of pyridine rings is 2. The van der Waals surface area contributed by atoms with Crippen LogP contribution in [0.2, 0.25) is 0 Å². The standard InChI is InChI=1S/C24H31N7OS/c1-2-3-8-20-29-22-23(21-18(28-24(22)26)7-6-11-27-21)31(20)13-5-4-12-30-14-9-17(10-15-30)33-16-19(25)32/h6-7,9-11,14H,2-5,8,12-13,15-16H2,1H3,(H2,25,32)(H2,26,28). The lowest BCUT2D eigenvalue weighted by atomic mass is 10.2. The van der Waals surface area contributed by atoms with E-state index in [1.54, 1.807) is 6.20 Å². The second-order valence-electron chi connectivity index (χ2n) is 8.23. The first-order chi connectivity index (χ1) is 16.1. The Morgan fingerprint density at radius 3 is 2.79 bits per heavy atom. The number of imidazole rings is 1. The Morgan fingerprint density at radius 1 is 1.18 bits per heavy atom. The summed E-state index contributed by atoms with van der Waals surface area (Å²) in [4.78, 5) is 28.3. The number of carbonyl (C=O) groups excluding carboxylic acids is 1. The number of nitrogens with zero attached hydrogens (tertiary/aromatic N) is 5. The molecule has 8 nitrogen and oxygen atoms in total. The predicted octanol–water partition coefficient (Wildman–Crippen LogP) is 3.62. The van der Waals surface area contributed by atoms with Crippen molar-refractivity contribution in [2.75, 3.05) is 24.6 Å². The van der Waals surface area contributed by atoms with Crippen molar-refractivity contribution in [3.63, 3.8) is 0 Å². The Labute approximate surface area is 198 Å². The van der Waals surface area contributed by atoms with Gasteiger partial charge in [0.05, 0.1) is 11.3 Å². The van der Waals surface area contributed by atoms with Crippen molar-refractivity contribution in [3.05, 3.63) is 47.4 Å². The van der Waals surface area contributed by atoms with E-state index in [1.165, 1.54) is 11.8 Å². The van der Waals surface area contributed by atoms with Gasteiger partial charge in [-0.2, -0.15) is 0 Å². The third kappa shape index (κ3) is 5.47. The molecule has 0 fully saturated rings. The van der Waals surface area contributed by atoms with Gasteiger partial charge in [-0.05, 0) is 37.5 Å². The van der Waals surface area contributed by atoms with Crippen LogP contribution in [0.25, 0.3) is 22.1 Å². The number of anilines is 1. The van der Waals surface area contributed by atoms with Crippen molar-refractivity contribution < 1.29 is 4.79 Å². The molecule has 9 heteroatoms. The molecule has 3 aromatic rings. The average Bonchev–Trinajstić information content (AvgIpc) is 3.19. The Balaban J connectivity index is 1.44. The van der Waals surface area contributed by atoms with Crippen molar-refractivity contribution in [2.45, 2.75) is 45.6 Å². The molecule has 0 aromatic carbocycles. The van der Waals surface area contributed by atoms with E-state index in [-0.39, 0.29) is 5.91 Å². The summed E-state index contributed by atoms with van der Waals surface area (Å²) in [7, 11) is 0. The second kappa shape index (κ2) is 10.7. The van der Waals surface area contributed by atoms with Gasteiger partial charge in [-0.3, -0.25) is 9.78 Å². The largest absolute Gasteiger partial charge is 0.382 e. The summed E-state index contributed by atoms with van der Waals surface area (Å²) < 4.78 is 2.31. The van der Waals surface area contributed by atoms with Crippen LogP contribution in [0.3, 0.4) is 0 Å². The first kappa shape index (κ1) is 23.1. The summed E-state index contributed by atoms with van der Waals surface area (Å²) in [5, 5.41) is 0. The molecule has 4 N–H and O–H groups in total. The van der Waals surface area contributed by atoms with Gasteiger partial charge in [-0.25, -0.2) is 9.97 Å². The molecule has 1 amide bonds. The van der Waals surface area contributed by atoms with E-state index in [1.807, 2.05) is 12.1 Å². The van der Waals surface area contributed by atoms with E-state index >= 15 is 0 Å². The van der Waals surface area contributed by atoms with Gasteiger partial charge in [0, 0.05) is 43.4 Å². The molecular formula is C24H31N7OS. The summed E-state index contributed by atoms with van der Waals surface area (Å²) in [5.41, 5.74) is 14.9. The Kier molecular flexibility index (Phi) is 7.49. The second-order valence-corrected chi connectivity index (χ2v) is 9.28. The van der Waals surface area contributed by atoms with Gasteiger partial charge >= 0.3 is 0 Å². The molecule has 33 heavy (non-hydrogen) atoms. The van der Waals surface area contributed by atoms with Gasteiger partial charge in [0.2, 0.25) is 5.91 Å². The number of carbonyl (C=O) groups is 1. The molecule has 174 valence electrons. The van der Waals surface area contributed by atoms with Crippen molar-refractivity contribution in [1.29, 1.82) is 0 Å². The summed E-state index contributed by atoms with van der Waals surface area (Å²) in [5.74, 6) is 1.56. The van der Waals surface area contributed by atoms with E-state index in [2.05, 4.69) is 44.7 Å². The number of allylic oxidation sites excluding steroid dienone is 1. The van der Waals surface area contributed by atoms with E-state index in [4.69, 9.17) is 16.5 Å². The van der Waals surface area contributed by atoms with Crippen LogP contribution in [-0.4, -0.2) is 49.2 Å². The predicted molar refractivity (Wildman–Crippen MR) is 136 cm³/mol. The zero-order valence-corrected chi connectivity index (χ0v) is 19.9. The molecule has 0 aliphatic carbocycles. The maximum Gasteiger partial charge on any atom is 0.227 e. The number of rotatable bonds is 11. The van der Waals surface area contributed by atoms with E-state index in [0.717, 1.165) is 84.5 Å². The van der Waals surface area contributed by atoms with Crippen LogP contribution in [0, 0.1) is 0 Å². The Morgan fingerprint density at radius 2 is 2.03 bits per heavy atom. The maximum atomic E-state index is 11.0. The van der Waals surface area contributed by atoms with Crippen LogP contribution in [0.1, 0.15) is 38.4 Å². The minimum Gasteiger partial charge on any atom is -0.382 e. The highest BCUT2D eigenvalue weighted by molar-refractivity contribution is 8.03. The minimum absolute atomic E-state index is 0.289. The highest BCUT2D eigenvalue weighted by atomic mass is 32.2. The van der Waals surface area contributed by atoms with E-state index in [9.17, 15) is 4.79 Å². The average molecular weight is 466 g/mol. The van der Waals surface area contributed by atoms with Crippen LogP contribution < -0.4 is 11.5 Å². The number of thioether (sulfide) groups is 1. The number of fused-ring (bicyclic) bond motifs is 3. The van der Waals surface area contributed by atoms with Gasteiger partial charge in [0.25, 0.3) is 0 Å². The number of aryl methyl sites for hydroxylation is 2. The molecule has 4 heterocycles. The van der Waals surface area contributed by atoms with Crippen LogP contribution in [0.4, 0.5) is 5.82 Å². The third-order valence-corrected chi connectivity index (χ3v) is 6.79. The zero-order valence-electron chi connectivity index (χ0n) is 19.0. The van der Waals surface area contributed by atoms with Crippen molar-refractivity contribution in [3.8, 4) is 0 Å². The van der Waals surface area contributed by atoms with Crippen LogP contribution >= 0.6 is 11.8 Å². The van der Waals surface area contributed by atoms with E-state index < -0.39 is 0 Å². The fourth-order valence-electron chi connectivity index (χ4n) is 4.06. The number of unbranched alkanes of at least 4 members (excludes halogenated alkanes) is 2. The van der Waals surface area contributed by atoms with Gasteiger partial charge < -0.3 is 20.9 Å². The van der Waals surface area contributed by atoms with Crippen molar-refractivity contribution >= 4 is 45.6 Å². The normalized spacial score (nSPS) is 13.7. The Bertz CT molecular complexity index is 1200. The lowest BCUT2D eigenvalue weighted by Crippen LogP contribution is -2.21. The molecule has 3 aromatic heterocycles. The van der Waals surface area contributed by atoms with Crippen molar-refractivity contribution in [2.24, 2.45) is 5.73 Å². The topological polar surface area (TPSA) is 116 Å². The summed E-state index contributed by atoms with van der Waals surface area (Å²) in [6.07, 6.45) is 13.3. The van der Waals surface area contributed by atoms with Crippen LogP contribution in [0.15, 0.2) is 41.6 Å². The fraction of sp³-hybridized carbons (Fsp3) is 0.417. The van der Waals surface area contributed by atoms with Gasteiger partial charge in [0.1, 0.15) is 22.4 Å². The monoisotopic (exact) mass is 465 g/mol. The summed E-state index contributed by atoms with van der Waals surface area (Å²) >= 11 is 1.49. The Hall–Kier alpha value is -3.07. The fourth-order valence-corrected chi connectivity index (χ4v) is 4.72. The van der Waals surface area contributed by atoms with Gasteiger partial charge in [0.15, 0.2) is 5.82 Å². The number of primary amides is 1. The third-order valence-electron chi connectivity index (χ3n) is 5.73. The number of hydrogen-bond acceptors (Lipinski definition) is 7. The molecule has 1 aliphatic rings. The van der Waals surface area contributed by atoms with Crippen LogP contribution in [0.5, 0.6) is 0 Å². The number of nitrogens with two attached hydrogens (primary N) is 2. The molecule has 0 spiro atoms. The van der Waals surface area contributed by atoms with E-state index in [0.29, 0.717) is 11.6 Å². The summed E-state index contributed by atoms with van der Waals surface area (Å²) in [6.45, 7) is 4.89. The van der Waals surface area contributed by atoms with Crippen molar-refractivity contribution in [1.82, 2.24) is 24.4 Å². The summed E-state index contributed by atoms with van der Waals surface area (Å²) in [6, 6.07) is 3.84. The molecule has 0 bridgehead atoms. The quantitative estimate of drug-likeness (QED) is 0.416. The minimum atomic E-state index is -0.289. The molecule has 0 saturated heterocycles. The highest BCUT2D eigenvalue weighted by Crippen LogP contribution is 2.28. The van der Waals surface area contributed by atoms with Gasteiger partial charge in [-0.1, -0.05) is 19.4 Å². The lowest BCUT2D eigenvalue weighted by molar-refractivity contribution is -0.115. The maximum absolute atomic E-state index is 11.0. The number of aromatic nitrogens is 4. The molecule has 0 atom stereocenters. The SMILES string of the molecule is CCCCc1nc2c(N)nc3cccnc3c2n1CCCCN1C=CC(SCC(N)=O)=CC1. The molecule has 4 rings (SSSR count). The first-order valence-corrected chi connectivity index (χ1v) is 12.5. The number of nitrogen functional groups attached to an aromatic ring is 1. The molecule has 0 unspecified atom stereocenters. The lowest BCUT2D eigenvalue weighted by Gasteiger charge is -2.22. The van der Waals surface area contributed by atoms with Gasteiger partial charge in [-0.15, -0.1) is 11.8 Å². The smallest absolute Gasteiger partial charge is 0.227 e. The molecule has 0 saturated carbocycles.